The fourth-order valence-electron chi connectivity index (χ4n) is 2.61. The molecule has 1 fully saturated rings. The highest BCUT2D eigenvalue weighted by Gasteiger charge is 2.22. The SMILES string of the molecule is CNCC1CCN(C(=O)Cc2cccc(Cl)c2)CC1.Cl. The molecule has 0 aliphatic carbocycles. The number of carbonyl (C=O) groups excluding carboxylic acids is 1. The van der Waals surface area contributed by atoms with Crippen molar-refractivity contribution < 1.29 is 4.79 Å². The van der Waals surface area contributed by atoms with Gasteiger partial charge in [-0.25, -0.2) is 0 Å². The van der Waals surface area contributed by atoms with Crippen molar-refractivity contribution in [2.75, 3.05) is 26.7 Å². The largest absolute Gasteiger partial charge is 0.342 e. The Morgan fingerprint density at radius 1 is 1.40 bits per heavy atom. The Bertz CT molecular complexity index is 432. The molecule has 3 nitrogen and oxygen atoms in total. The minimum atomic E-state index is 0. The number of likely N-dealkylation sites (tertiary alicyclic amines) is 1. The van der Waals surface area contributed by atoms with Crippen LogP contribution in [0.15, 0.2) is 24.3 Å². The highest BCUT2D eigenvalue weighted by Crippen LogP contribution is 2.18. The standard InChI is InChI=1S/C15H21ClN2O.ClH/c1-17-11-12-5-7-18(8-6-12)15(19)10-13-3-2-4-14(16)9-13;/h2-4,9,12,17H,5-8,10-11H2,1H3;1H. The summed E-state index contributed by atoms with van der Waals surface area (Å²) in [6, 6.07) is 7.55. The van der Waals surface area contributed by atoms with Gasteiger partial charge in [0.1, 0.15) is 0 Å². The molecule has 0 bridgehead atoms. The topological polar surface area (TPSA) is 32.3 Å². The number of nitrogens with one attached hydrogen (secondary N) is 1. The van der Waals surface area contributed by atoms with Gasteiger partial charge < -0.3 is 10.2 Å². The molecule has 1 aromatic rings. The lowest BCUT2D eigenvalue weighted by atomic mass is 9.96. The molecule has 0 atom stereocenters. The van der Waals surface area contributed by atoms with E-state index >= 15 is 0 Å². The molecule has 1 aromatic carbocycles. The highest BCUT2D eigenvalue weighted by atomic mass is 35.5. The number of benzene rings is 1. The van der Waals surface area contributed by atoms with Crippen molar-refractivity contribution in [2.45, 2.75) is 19.3 Å². The summed E-state index contributed by atoms with van der Waals surface area (Å²) < 4.78 is 0. The van der Waals surface area contributed by atoms with Crippen molar-refractivity contribution in [3.63, 3.8) is 0 Å². The van der Waals surface area contributed by atoms with Crippen LogP contribution in [0.2, 0.25) is 5.02 Å². The Kier molecular flexibility index (Phi) is 7.35. The molecule has 0 unspecified atom stereocenters. The van der Waals surface area contributed by atoms with Gasteiger partial charge in [0.2, 0.25) is 5.91 Å². The monoisotopic (exact) mass is 316 g/mol. The maximum Gasteiger partial charge on any atom is 0.226 e. The summed E-state index contributed by atoms with van der Waals surface area (Å²) in [6.45, 7) is 2.81. The van der Waals surface area contributed by atoms with Gasteiger partial charge in [-0.3, -0.25) is 4.79 Å². The predicted molar refractivity (Wildman–Crippen MR) is 85.6 cm³/mol. The maximum absolute atomic E-state index is 12.2. The zero-order valence-corrected chi connectivity index (χ0v) is 13.3. The molecule has 0 spiro atoms. The Balaban J connectivity index is 0.00000200. The third kappa shape index (κ3) is 4.97. The minimum Gasteiger partial charge on any atom is -0.342 e. The van der Waals surface area contributed by atoms with Gasteiger partial charge in [-0.1, -0.05) is 23.7 Å². The maximum atomic E-state index is 12.2. The average Bonchev–Trinajstić information content (AvgIpc) is 2.40. The zero-order chi connectivity index (χ0) is 13.7. The van der Waals surface area contributed by atoms with E-state index in [0.717, 1.165) is 38.0 Å². The molecule has 1 amide bonds. The van der Waals surface area contributed by atoms with Crippen LogP contribution >= 0.6 is 24.0 Å². The van der Waals surface area contributed by atoms with Crippen LogP contribution in [-0.2, 0) is 11.2 Å². The first-order chi connectivity index (χ1) is 9.19. The summed E-state index contributed by atoms with van der Waals surface area (Å²) in [5.74, 6) is 0.922. The molecule has 0 radical (unpaired) electrons. The molecule has 1 heterocycles. The lowest BCUT2D eigenvalue weighted by Crippen LogP contribution is -2.41. The second-order valence-corrected chi connectivity index (χ2v) is 5.62. The fourth-order valence-corrected chi connectivity index (χ4v) is 2.82. The lowest BCUT2D eigenvalue weighted by Gasteiger charge is -2.32. The van der Waals surface area contributed by atoms with E-state index in [-0.39, 0.29) is 18.3 Å². The van der Waals surface area contributed by atoms with Crippen LogP contribution in [0.25, 0.3) is 0 Å². The summed E-state index contributed by atoms with van der Waals surface area (Å²) in [4.78, 5) is 14.2. The first-order valence-corrected chi connectivity index (χ1v) is 7.23. The normalized spacial score (nSPS) is 15.8. The number of hydrogen-bond donors (Lipinski definition) is 1. The fraction of sp³-hybridized carbons (Fsp3) is 0.533. The van der Waals surface area contributed by atoms with Crippen molar-refractivity contribution in [1.82, 2.24) is 10.2 Å². The van der Waals surface area contributed by atoms with Gasteiger partial charge in [0, 0.05) is 18.1 Å². The highest BCUT2D eigenvalue weighted by molar-refractivity contribution is 6.30. The van der Waals surface area contributed by atoms with Gasteiger partial charge in [-0.15, -0.1) is 12.4 Å². The summed E-state index contributed by atoms with van der Waals surface area (Å²) in [5, 5.41) is 3.90. The van der Waals surface area contributed by atoms with Gasteiger partial charge in [0.15, 0.2) is 0 Å². The Morgan fingerprint density at radius 2 is 2.10 bits per heavy atom. The van der Waals surface area contributed by atoms with Crippen molar-refractivity contribution >= 4 is 29.9 Å². The molecule has 1 aliphatic heterocycles. The lowest BCUT2D eigenvalue weighted by molar-refractivity contribution is -0.131. The molecule has 5 heteroatoms. The second kappa shape index (κ2) is 8.50. The minimum absolute atomic E-state index is 0. The molecule has 112 valence electrons. The number of halogens is 2. The number of piperidine rings is 1. The van der Waals surface area contributed by atoms with Crippen molar-refractivity contribution in [3.8, 4) is 0 Å². The Labute approximate surface area is 132 Å². The average molecular weight is 317 g/mol. The number of amides is 1. The van der Waals surface area contributed by atoms with E-state index in [4.69, 9.17) is 11.6 Å². The molecule has 2 rings (SSSR count). The first kappa shape index (κ1) is 17.3. The van der Waals surface area contributed by atoms with Crippen LogP contribution in [-0.4, -0.2) is 37.5 Å². The first-order valence-electron chi connectivity index (χ1n) is 6.86. The van der Waals surface area contributed by atoms with Crippen molar-refractivity contribution in [2.24, 2.45) is 5.92 Å². The van der Waals surface area contributed by atoms with Crippen LogP contribution in [0.3, 0.4) is 0 Å². The molecular weight excluding hydrogens is 295 g/mol. The third-order valence-corrected chi connectivity index (χ3v) is 3.94. The number of hydrogen-bond acceptors (Lipinski definition) is 2. The van der Waals surface area contributed by atoms with Gasteiger partial charge in [-0.05, 0) is 50.0 Å². The second-order valence-electron chi connectivity index (χ2n) is 5.19. The zero-order valence-electron chi connectivity index (χ0n) is 11.8. The number of nitrogens with zero attached hydrogens (tertiary/aromatic N) is 1. The molecule has 0 saturated carbocycles. The molecule has 20 heavy (non-hydrogen) atoms. The summed E-state index contributed by atoms with van der Waals surface area (Å²) in [5.41, 5.74) is 0.995. The van der Waals surface area contributed by atoms with E-state index in [2.05, 4.69) is 5.32 Å². The number of rotatable bonds is 4. The summed E-state index contributed by atoms with van der Waals surface area (Å²) in [6.07, 6.45) is 2.65. The molecule has 1 N–H and O–H groups in total. The van der Waals surface area contributed by atoms with E-state index < -0.39 is 0 Å². The predicted octanol–water partition coefficient (Wildman–Crippen LogP) is 2.76. The van der Waals surface area contributed by atoms with Gasteiger partial charge in [0.05, 0.1) is 6.42 Å². The van der Waals surface area contributed by atoms with E-state index in [1.165, 1.54) is 0 Å². The van der Waals surface area contributed by atoms with E-state index in [9.17, 15) is 4.79 Å². The van der Waals surface area contributed by atoms with Gasteiger partial charge in [-0.2, -0.15) is 0 Å². The van der Waals surface area contributed by atoms with Crippen LogP contribution in [0.4, 0.5) is 0 Å². The van der Waals surface area contributed by atoms with E-state index in [0.29, 0.717) is 17.4 Å². The Hall–Kier alpha value is -0.770. The van der Waals surface area contributed by atoms with E-state index in [1.807, 2.05) is 36.2 Å². The summed E-state index contributed by atoms with van der Waals surface area (Å²) >= 11 is 5.94. The Morgan fingerprint density at radius 3 is 2.70 bits per heavy atom. The van der Waals surface area contributed by atoms with Crippen LogP contribution in [0, 0.1) is 5.92 Å². The quantitative estimate of drug-likeness (QED) is 0.926. The van der Waals surface area contributed by atoms with Crippen molar-refractivity contribution in [1.29, 1.82) is 0 Å². The molecule has 0 aromatic heterocycles. The van der Waals surface area contributed by atoms with Crippen LogP contribution < -0.4 is 5.32 Å². The molecule has 1 saturated heterocycles. The van der Waals surface area contributed by atoms with Gasteiger partial charge in [0.25, 0.3) is 0 Å². The number of carbonyl (C=O) groups is 1. The summed E-state index contributed by atoms with van der Waals surface area (Å²) in [7, 11) is 1.98. The van der Waals surface area contributed by atoms with Crippen LogP contribution in [0.1, 0.15) is 18.4 Å². The molecule has 1 aliphatic rings. The smallest absolute Gasteiger partial charge is 0.226 e. The molecular formula is C15H22Cl2N2O. The van der Waals surface area contributed by atoms with Gasteiger partial charge >= 0.3 is 0 Å². The van der Waals surface area contributed by atoms with E-state index in [1.54, 1.807) is 0 Å². The van der Waals surface area contributed by atoms with Crippen LogP contribution in [0.5, 0.6) is 0 Å². The third-order valence-electron chi connectivity index (χ3n) is 3.70. The van der Waals surface area contributed by atoms with Crippen molar-refractivity contribution in [3.05, 3.63) is 34.9 Å².